The summed E-state index contributed by atoms with van der Waals surface area (Å²) in [5.41, 5.74) is 0.965. The van der Waals surface area contributed by atoms with E-state index < -0.39 is 16.5 Å². The Morgan fingerprint density at radius 2 is 1.91 bits per heavy atom. The van der Waals surface area contributed by atoms with Crippen molar-refractivity contribution in [2.24, 2.45) is 0 Å². The molecule has 0 saturated heterocycles. The lowest BCUT2D eigenvalue weighted by molar-refractivity contribution is -0.384. The lowest BCUT2D eigenvalue weighted by Gasteiger charge is -2.13. The van der Waals surface area contributed by atoms with E-state index in [1.165, 1.54) is 28.8 Å². The number of fused-ring (bicyclic) bond motifs is 1. The second kappa shape index (κ2) is 9.90. The summed E-state index contributed by atoms with van der Waals surface area (Å²) in [6.07, 6.45) is 1.43. The fraction of sp³-hybridized carbons (Fsp3) is 0.0870. The Hall–Kier alpha value is -3.95. The molecule has 0 aliphatic rings. The van der Waals surface area contributed by atoms with E-state index in [0.29, 0.717) is 21.4 Å². The number of aromatic nitrogens is 2. The first-order valence-corrected chi connectivity index (χ1v) is 10.7. The summed E-state index contributed by atoms with van der Waals surface area (Å²) in [7, 11) is 0. The summed E-state index contributed by atoms with van der Waals surface area (Å²) >= 11 is 12.1. The molecule has 0 atom stereocenters. The summed E-state index contributed by atoms with van der Waals surface area (Å²) in [5.74, 6) is -0.816. The molecule has 11 heteroatoms. The number of ether oxygens (including phenoxy) is 1. The molecule has 2 aromatic heterocycles. The Kier molecular flexibility index (Phi) is 6.76. The van der Waals surface area contributed by atoms with Gasteiger partial charge in [-0.15, -0.1) is 0 Å². The second-order valence-corrected chi connectivity index (χ2v) is 8.01. The summed E-state index contributed by atoms with van der Waals surface area (Å²) < 4.78 is 6.60. The number of nitrogens with zero attached hydrogens (tertiary/aromatic N) is 3. The van der Waals surface area contributed by atoms with Crippen LogP contribution in [0.1, 0.15) is 21.6 Å². The third kappa shape index (κ3) is 5.16. The molecule has 9 nitrogen and oxygen atoms in total. The Labute approximate surface area is 202 Å². The Bertz CT molecular complexity index is 1470. The third-order valence-electron chi connectivity index (χ3n) is 4.89. The number of pyridine rings is 1. The minimum Gasteiger partial charge on any atom is -0.456 e. The van der Waals surface area contributed by atoms with Crippen molar-refractivity contribution < 1.29 is 14.5 Å². The van der Waals surface area contributed by atoms with E-state index in [1.54, 1.807) is 24.3 Å². The molecule has 4 aromatic rings. The molecule has 0 amide bonds. The van der Waals surface area contributed by atoms with Crippen LogP contribution in [0.15, 0.2) is 71.7 Å². The first-order valence-electron chi connectivity index (χ1n) is 9.92. The van der Waals surface area contributed by atoms with Crippen LogP contribution < -0.4 is 10.9 Å². The highest BCUT2D eigenvalue weighted by Gasteiger charge is 2.19. The van der Waals surface area contributed by atoms with Gasteiger partial charge in [-0.1, -0.05) is 41.4 Å². The van der Waals surface area contributed by atoms with Crippen LogP contribution >= 0.6 is 23.2 Å². The molecular formula is C23H16Cl2N4O5. The number of rotatable bonds is 7. The van der Waals surface area contributed by atoms with Crippen molar-refractivity contribution in [3.05, 3.63) is 114 Å². The SMILES string of the molecule is O=C(OCc1cc(=O)n2cc(Cl)ccc2n1)c1cc([N+](=O)[O-])ccc1NCc1ccccc1Cl. The molecule has 0 aliphatic carbocycles. The number of hydrogen-bond acceptors (Lipinski definition) is 7. The van der Waals surface area contributed by atoms with Gasteiger partial charge in [0.2, 0.25) is 0 Å². The maximum atomic E-state index is 12.8. The van der Waals surface area contributed by atoms with Gasteiger partial charge in [0.05, 0.1) is 21.2 Å². The summed E-state index contributed by atoms with van der Waals surface area (Å²) in [4.78, 5) is 40.1. The fourth-order valence-electron chi connectivity index (χ4n) is 3.22. The minimum atomic E-state index is -0.816. The van der Waals surface area contributed by atoms with E-state index in [-0.39, 0.29) is 30.1 Å². The molecule has 0 saturated carbocycles. The largest absolute Gasteiger partial charge is 0.456 e. The highest BCUT2D eigenvalue weighted by Crippen LogP contribution is 2.25. The first kappa shape index (κ1) is 23.2. The second-order valence-electron chi connectivity index (χ2n) is 7.17. The molecule has 0 unspecified atom stereocenters. The predicted molar refractivity (Wildman–Crippen MR) is 127 cm³/mol. The highest BCUT2D eigenvalue weighted by molar-refractivity contribution is 6.31. The first-order chi connectivity index (χ1) is 16.3. The molecule has 0 fully saturated rings. The molecule has 2 aromatic carbocycles. The van der Waals surface area contributed by atoms with E-state index in [9.17, 15) is 19.7 Å². The average Bonchev–Trinajstić information content (AvgIpc) is 2.82. The maximum Gasteiger partial charge on any atom is 0.340 e. The topological polar surface area (TPSA) is 116 Å². The lowest BCUT2D eigenvalue weighted by Crippen LogP contribution is -2.17. The van der Waals surface area contributed by atoms with Crippen molar-refractivity contribution in [2.75, 3.05) is 5.32 Å². The van der Waals surface area contributed by atoms with E-state index in [2.05, 4.69) is 10.3 Å². The van der Waals surface area contributed by atoms with Crippen molar-refractivity contribution in [2.45, 2.75) is 13.2 Å². The van der Waals surface area contributed by atoms with E-state index in [1.807, 2.05) is 12.1 Å². The number of carbonyl (C=O) groups is 1. The number of nitro benzene ring substituents is 1. The summed E-state index contributed by atoms with van der Waals surface area (Å²) in [5, 5.41) is 15.2. The Morgan fingerprint density at radius 1 is 1.12 bits per heavy atom. The monoisotopic (exact) mass is 498 g/mol. The zero-order valence-corrected chi connectivity index (χ0v) is 18.9. The lowest BCUT2D eigenvalue weighted by atomic mass is 10.1. The van der Waals surface area contributed by atoms with Crippen molar-refractivity contribution in [1.82, 2.24) is 9.38 Å². The van der Waals surface area contributed by atoms with Gasteiger partial charge in [-0.2, -0.15) is 0 Å². The summed E-state index contributed by atoms with van der Waals surface area (Å²) in [6, 6.07) is 15.4. The molecule has 0 bridgehead atoms. The molecule has 34 heavy (non-hydrogen) atoms. The van der Waals surface area contributed by atoms with Crippen LogP contribution in [-0.2, 0) is 17.9 Å². The number of benzene rings is 2. The van der Waals surface area contributed by atoms with Gasteiger partial charge in [-0.25, -0.2) is 9.78 Å². The maximum absolute atomic E-state index is 12.8. The zero-order valence-electron chi connectivity index (χ0n) is 17.4. The number of non-ortho nitro benzene ring substituents is 1. The fourth-order valence-corrected chi connectivity index (χ4v) is 3.58. The number of nitro groups is 1. The smallest absolute Gasteiger partial charge is 0.340 e. The van der Waals surface area contributed by atoms with Crippen LogP contribution in [0, 0.1) is 10.1 Å². The van der Waals surface area contributed by atoms with Gasteiger partial charge < -0.3 is 10.1 Å². The van der Waals surface area contributed by atoms with E-state index >= 15 is 0 Å². The number of carbonyl (C=O) groups excluding carboxylic acids is 1. The minimum absolute atomic E-state index is 0.0365. The van der Waals surface area contributed by atoms with E-state index in [4.69, 9.17) is 27.9 Å². The van der Waals surface area contributed by atoms with Crippen LogP contribution in [0.3, 0.4) is 0 Å². The van der Waals surface area contributed by atoms with Crippen LogP contribution in [0.4, 0.5) is 11.4 Å². The standard InChI is InChI=1S/C23H16Cl2N4O5/c24-15-5-8-21-27-16(9-22(30)28(21)12-15)13-34-23(31)18-10-17(29(32)33)6-7-20(18)26-11-14-3-1-2-4-19(14)25/h1-10,12,26H,11,13H2. The molecular weight excluding hydrogens is 483 g/mol. The van der Waals surface area contributed by atoms with Crippen molar-refractivity contribution in [1.29, 1.82) is 0 Å². The molecule has 0 spiro atoms. The van der Waals surface area contributed by atoms with Crippen LogP contribution in [0.5, 0.6) is 0 Å². The van der Waals surface area contributed by atoms with Gasteiger partial charge in [0, 0.05) is 41.7 Å². The Balaban J connectivity index is 1.56. The average molecular weight is 499 g/mol. The normalized spacial score (nSPS) is 10.8. The van der Waals surface area contributed by atoms with Gasteiger partial charge in [0.25, 0.3) is 11.2 Å². The van der Waals surface area contributed by atoms with Gasteiger partial charge >= 0.3 is 5.97 Å². The quantitative estimate of drug-likeness (QED) is 0.219. The zero-order chi connectivity index (χ0) is 24.2. The molecule has 0 aliphatic heterocycles. The number of esters is 1. The molecule has 0 radical (unpaired) electrons. The van der Waals surface area contributed by atoms with E-state index in [0.717, 1.165) is 11.6 Å². The third-order valence-corrected chi connectivity index (χ3v) is 5.48. The number of halogens is 2. The van der Waals surface area contributed by atoms with Gasteiger partial charge in [-0.3, -0.25) is 19.3 Å². The number of hydrogen-bond donors (Lipinski definition) is 1. The summed E-state index contributed by atoms with van der Waals surface area (Å²) in [6.45, 7) is -0.0246. The number of nitrogens with one attached hydrogen (secondary N) is 1. The Morgan fingerprint density at radius 3 is 2.68 bits per heavy atom. The van der Waals surface area contributed by atoms with Crippen LogP contribution in [0.25, 0.3) is 5.65 Å². The molecule has 1 N–H and O–H groups in total. The molecule has 2 heterocycles. The van der Waals surface area contributed by atoms with Gasteiger partial charge in [0.15, 0.2) is 0 Å². The van der Waals surface area contributed by atoms with Crippen LogP contribution in [0.2, 0.25) is 10.0 Å². The highest BCUT2D eigenvalue weighted by atomic mass is 35.5. The molecule has 4 rings (SSSR count). The van der Waals surface area contributed by atoms with Crippen molar-refractivity contribution in [3.8, 4) is 0 Å². The van der Waals surface area contributed by atoms with Crippen molar-refractivity contribution >= 4 is 46.2 Å². The predicted octanol–water partition coefficient (Wildman–Crippen LogP) is 4.88. The van der Waals surface area contributed by atoms with Gasteiger partial charge in [0.1, 0.15) is 12.3 Å². The van der Waals surface area contributed by atoms with Crippen molar-refractivity contribution in [3.63, 3.8) is 0 Å². The molecule has 172 valence electrons. The van der Waals surface area contributed by atoms with Gasteiger partial charge in [-0.05, 0) is 29.8 Å². The van der Waals surface area contributed by atoms with Crippen LogP contribution in [-0.4, -0.2) is 20.3 Å². The number of anilines is 1.